The number of rotatable bonds is 3. The molecule has 0 atom stereocenters. The SMILES string of the molecule is NCc1cn(Cc2ccc(Cl)c(Cl)c2)c2ccccc12. The van der Waals surface area contributed by atoms with E-state index in [9.17, 15) is 0 Å². The Morgan fingerprint density at radius 3 is 2.55 bits per heavy atom. The second kappa shape index (κ2) is 5.49. The van der Waals surface area contributed by atoms with Gasteiger partial charge in [-0.15, -0.1) is 0 Å². The van der Waals surface area contributed by atoms with Crippen molar-refractivity contribution in [3.05, 3.63) is 69.8 Å². The molecule has 0 fully saturated rings. The summed E-state index contributed by atoms with van der Waals surface area (Å²) in [4.78, 5) is 0. The van der Waals surface area contributed by atoms with Gasteiger partial charge in [0.1, 0.15) is 0 Å². The summed E-state index contributed by atoms with van der Waals surface area (Å²) in [7, 11) is 0. The first kappa shape index (κ1) is 13.5. The van der Waals surface area contributed by atoms with E-state index in [-0.39, 0.29) is 0 Å². The zero-order valence-electron chi connectivity index (χ0n) is 10.8. The molecule has 4 heteroatoms. The molecule has 0 saturated carbocycles. The van der Waals surface area contributed by atoms with E-state index in [4.69, 9.17) is 28.9 Å². The molecular weight excluding hydrogens is 291 g/mol. The van der Waals surface area contributed by atoms with E-state index in [2.05, 4.69) is 22.9 Å². The molecule has 0 bridgehead atoms. The summed E-state index contributed by atoms with van der Waals surface area (Å²) in [6, 6.07) is 14.0. The fraction of sp³-hybridized carbons (Fsp3) is 0.125. The Labute approximate surface area is 127 Å². The van der Waals surface area contributed by atoms with Crippen molar-refractivity contribution in [2.45, 2.75) is 13.1 Å². The largest absolute Gasteiger partial charge is 0.343 e. The molecule has 102 valence electrons. The average molecular weight is 305 g/mol. The fourth-order valence-corrected chi connectivity index (χ4v) is 2.77. The van der Waals surface area contributed by atoms with Crippen LogP contribution in [0.1, 0.15) is 11.1 Å². The molecule has 0 spiro atoms. The van der Waals surface area contributed by atoms with Crippen LogP contribution in [0.25, 0.3) is 10.9 Å². The molecule has 1 heterocycles. The zero-order valence-corrected chi connectivity index (χ0v) is 12.3. The molecule has 0 unspecified atom stereocenters. The minimum Gasteiger partial charge on any atom is -0.343 e. The summed E-state index contributed by atoms with van der Waals surface area (Å²) in [6.45, 7) is 1.28. The molecule has 0 saturated heterocycles. The van der Waals surface area contributed by atoms with Crippen LogP contribution in [-0.4, -0.2) is 4.57 Å². The maximum Gasteiger partial charge on any atom is 0.0595 e. The van der Waals surface area contributed by atoms with Crippen molar-refractivity contribution in [3.8, 4) is 0 Å². The van der Waals surface area contributed by atoms with E-state index in [0.29, 0.717) is 16.6 Å². The van der Waals surface area contributed by atoms with Gasteiger partial charge in [-0.2, -0.15) is 0 Å². The first-order chi connectivity index (χ1) is 9.69. The predicted molar refractivity (Wildman–Crippen MR) is 85.4 cm³/mol. The molecule has 0 amide bonds. The summed E-state index contributed by atoms with van der Waals surface area (Å²) in [5.41, 5.74) is 9.26. The Hall–Kier alpha value is -1.48. The van der Waals surface area contributed by atoms with Crippen LogP contribution in [0, 0.1) is 0 Å². The van der Waals surface area contributed by atoms with Crippen LogP contribution in [0.3, 0.4) is 0 Å². The highest BCUT2D eigenvalue weighted by atomic mass is 35.5. The van der Waals surface area contributed by atoms with Gasteiger partial charge in [0.25, 0.3) is 0 Å². The lowest BCUT2D eigenvalue weighted by Gasteiger charge is -2.06. The number of para-hydroxylation sites is 1. The third-order valence-electron chi connectivity index (χ3n) is 3.43. The molecule has 0 aliphatic heterocycles. The van der Waals surface area contributed by atoms with Gasteiger partial charge in [0.2, 0.25) is 0 Å². The molecule has 3 rings (SSSR count). The lowest BCUT2D eigenvalue weighted by molar-refractivity contribution is 0.829. The smallest absolute Gasteiger partial charge is 0.0595 e. The summed E-state index contributed by atoms with van der Waals surface area (Å²) < 4.78 is 2.19. The van der Waals surface area contributed by atoms with Gasteiger partial charge in [-0.1, -0.05) is 47.5 Å². The second-order valence-electron chi connectivity index (χ2n) is 4.75. The van der Waals surface area contributed by atoms with Crippen molar-refractivity contribution >= 4 is 34.1 Å². The molecule has 0 aliphatic carbocycles. The molecule has 1 aromatic heterocycles. The van der Waals surface area contributed by atoms with Crippen LogP contribution in [0.5, 0.6) is 0 Å². The normalized spacial score (nSPS) is 11.2. The van der Waals surface area contributed by atoms with Crippen molar-refractivity contribution in [1.29, 1.82) is 0 Å². The zero-order chi connectivity index (χ0) is 14.1. The van der Waals surface area contributed by atoms with Gasteiger partial charge >= 0.3 is 0 Å². The maximum absolute atomic E-state index is 6.07. The van der Waals surface area contributed by atoms with E-state index >= 15 is 0 Å². The van der Waals surface area contributed by atoms with Gasteiger partial charge in [0.15, 0.2) is 0 Å². The van der Waals surface area contributed by atoms with Crippen LogP contribution in [0.2, 0.25) is 10.0 Å². The molecule has 3 aromatic rings. The minimum absolute atomic E-state index is 0.537. The number of halogens is 2. The molecule has 2 nitrogen and oxygen atoms in total. The van der Waals surface area contributed by atoms with Crippen molar-refractivity contribution in [3.63, 3.8) is 0 Å². The van der Waals surface area contributed by atoms with E-state index in [1.807, 2.05) is 30.3 Å². The fourth-order valence-electron chi connectivity index (χ4n) is 2.45. The highest BCUT2D eigenvalue weighted by Gasteiger charge is 2.08. The Kier molecular flexibility index (Phi) is 3.70. The molecule has 2 aromatic carbocycles. The summed E-state index contributed by atoms with van der Waals surface area (Å²) in [5.74, 6) is 0. The molecular formula is C16H14Cl2N2. The Morgan fingerprint density at radius 2 is 1.80 bits per heavy atom. The maximum atomic E-state index is 6.07. The van der Waals surface area contributed by atoms with Crippen molar-refractivity contribution in [2.24, 2.45) is 5.73 Å². The standard InChI is InChI=1S/C16H14Cl2N2/c17-14-6-5-11(7-15(14)18)9-20-10-12(8-19)13-3-1-2-4-16(13)20/h1-7,10H,8-9,19H2. The van der Waals surface area contributed by atoms with E-state index in [0.717, 1.165) is 17.7 Å². The lowest BCUT2D eigenvalue weighted by atomic mass is 10.2. The van der Waals surface area contributed by atoms with Crippen LogP contribution >= 0.6 is 23.2 Å². The molecule has 20 heavy (non-hydrogen) atoms. The Morgan fingerprint density at radius 1 is 1.00 bits per heavy atom. The molecule has 2 N–H and O–H groups in total. The second-order valence-corrected chi connectivity index (χ2v) is 5.57. The number of nitrogens with zero attached hydrogens (tertiary/aromatic N) is 1. The van der Waals surface area contributed by atoms with Crippen LogP contribution in [-0.2, 0) is 13.1 Å². The molecule has 0 radical (unpaired) electrons. The number of fused-ring (bicyclic) bond motifs is 1. The monoisotopic (exact) mass is 304 g/mol. The van der Waals surface area contributed by atoms with Gasteiger partial charge in [0, 0.05) is 30.2 Å². The summed E-state index contributed by atoms with van der Waals surface area (Å²) >= 11 is 12.0. The van der Waals surface area contributed by atoms with Gasteiger partial charge in [-0.3, -0.25) is 0 Å². The van der Waals surface area contributed by atoms with Gasteiger partial charge in [0.05, 0.1) is 10.0 Å². The van der Waals surface area contributed by atoms with Crippen molar-refractivity contribution < 1.29 is 0 Å². The highest BCUT2D eigenvalue weighted by Crippen LogP contribution is 2.25. The minimum atomic E-state index is 0.537. The van der Waals surface area contributed by atoms with Crippen molar-refractivity contribution in [2.75, 3.05) is 0 Å². The first-order valence-electron chi connectivity index (χ1n) is 6.40. The number of aromatic nitrogens is 1. The number of hydrogen-bond acceptors (Lipinski definition) is 1. The van der Waals surface area contributed by atoms with E-state index in [1.165, 1.54) is 10.9 Å². The number of hydrogen-bond donors (Lipinski definition) is 1. The van der Waals surface area contributed by atoms with Crippen LogP contribution in [0.15, 0.2) is 48.7 Å². The van der Waals surface area contributed by atoms with Crippen molar-refractivity contribution in [1.82, 2.24) is 4.57 Å². The predicted octanol–water partition coefficient (Wildman–Crippen LogP) is 4.46. The van der Waals surface area contributed by atoms with E-state index < -0.39 is 0 Å². The van der Waals surface area contributed by atoms with Gasteiger partial charge in [-0.05, 0) is 29.3 Å². The van der Waals surface area contributed by atoms with Crippen LogP contribution < -0.4 is 5.73 Å². The lowest BCUT2D eigenvalue weighted by Crippen LogP contribution is -1.98. The summed E-state index contributed by atoms with van der Waals surface area (Å²) in [5, 5.41) is 2.37. The summed E-state index contributed by atoms with van der Waals surface area (Å²) in [6.07, 6.45) is 2.10. The third kappa shape index (κ3) is 2.42. The number of benzene rings is 2. The third-order valence-corrected chi connectivity index (χ3v) is 4.17. The quantitative estimate of drug-likeness (QED) is 0.761. The topological polar surface area (TPSA) is 30.9 Å². The number of nitrogens with two attached hydrogens (primary N) is 1. The van der Waals surface area contributed by atoms with Gasteiger partial charge < -0.3 is 10.3 Å². The molecule has 0 aliphatic rings. The van der Waals surface area contributed by atoms with Gasteiger partial charge in [-0.25, -0.2) is 0 Å². The highest BCUT2D eigenvalue weighted by molar-refractivity contribution is 6.42. The Balaban J connectivity index is 2.04. The van der Waals surface area contributed by atoms with E-state index in [1.54, 1.807) is 0 Å². The van der Waals surface area contributed by atoms with Crippen LogP contribution in [0.4, 0.5) is 0 Å². The Bertz CT molecular complexity index is 762. The average Bonchev–Trinajstić information content (AvgIpc) is 2.81. The first-order valence-corrected chi connectivity index (χ1v) is 7.15.